The summed E-state index contributed by atoms with van der Waals surface area (Å²) in [6, 6.07) is 0. The van der Waals surface area contributed by atoms with Gasteiger partial charge in [-0.2, -0.15) is 0 Å². The number of ether oxygens (including phenoxy) is 1. The van der Waals surface area contributed by atoms with Crippen LogP contribution in [-0.2, 0) is 19.1 Å². The molecule has 0 saturated heterocycles. The fraction of sp³-hybridized carbons (Fsp3) is 0.364. The zero-order valence-corrected chi connectivity index (χ0v) is 8.87. The molecule has 1 unspecified atom stereocenters. The first-order valence-electron chi connectivity index (χ1n) is 4.57. The number of allylic oxidation sites excluding steroid dienone is 3. The molecule has 0 fully saturated rings. The monoisotopic (exact) mass is 208 g/mol. The van der Waals surface area contributed by atoms with E-state index in [2.05, 4.69) is 0 Å². The van der Waals surface area contributed by atoms with E-state index in [1.165, 1.54) is 19.1 Å². The van der Waals surface area contributed by atoms with E-state index in [0.29, 0.717) is 5.57 Å². The van der Waals surface area contributed by atoms with Gasteiger partial charge in [0.1, 0.15) is 6.10 Å². The van der Waals surface area contributed by atoms with Crippen LogP contribution in [0.4, 0.5) is 0 Å². The molecule has 0 aromatic heterocycles. The fourth-order valence-corrected chi connectivity index (χ4v) is 1.31. The predicted octanol–water partition coefficient (Wildman–Crippen LogP) is 0.963. The maximum Gasteiger partial charge on any atom is 0.303 e. The topological polar surface area (TPSA) is 60.4 Å². The Balaban J connectivity index is 2.88. The summed E-state index contributed by atoms with van der Waals surface area (Å²) in [5.74, 6) is -0.973. The van der Waals surface area contributed by atoms with E-state index >= 15 is 0 Å². The lowest BCUT2D eigenvalue weighted by Crippen LogP contribution is -2.23. The highest BCUT2D eigenvalue weighted by molar-refractivity contribution is 6.20. The van der Waals surface area contributed by atoms with Crippen molar-refractivity contribution in [3.8, 4) is 0 Å². The van der Waals surface area contributed by atoms with E-state index in [0.717, 1.165) is 0 Å². The molecule has 1 atom stereocenters. The molecule has 4 heteroatoms. The number of carbonyl (C=O) groups excluding carboxylic acids is 3. The summed E-state index contributed by atoms with van der Waals surface area (Å²) < 4.78 is 4.83. The van der Waals surface area contributed by atoms with Crippen molar-refractivity contribution < 1.29 is 19.1 Å². The average molecular weight is 208 g/mol. The highest BCUT2D eigenvalue weighted by Gasteiger charge is 2.23. The van der Waals surface area contributed by atoms with Gasteiger partial charge >= 0.3 is 5.97 Å². The van der Waals surface area contributed by atoms with Gasteiger partial charge < -0.3 is 4.74 Å². The second kappa shape index (κ2) is 4.21. The van der Waals surface area contributed by atoms with Crippen LogP contribution in [0.3, 0.4) is 0 Å². The quantitative estimate of drug-likeness (QED) is 0.501. The maximum absolute atomic E-state index is 11.5. The van der Waals surface area contributed by atoms with E-state index in [4.69, 9.17) is 4.74 Å². The summed E-state index contributed by atoms with van der Waals surface area (Å²) in [5.41, 5.74) is 0.625. The zero-order chi connectivity index (χ0) is 11.6. The SMILES string of the molecule is CC(=O)OC(C)C1=CC(=O)C(C)=CC1=O. The molecule has 1 aliphatic carbocycles. The lowest BCUT2D eigenvalue weighted by Gasteiger charge is -2.16. The molecule has 0 aliphatic heterocycles. The van der Waals surface area contributed by atoms with Crippen LogP contribution in [0.2, 0.25) is 0 Å². The van der Waals surface area contributed by atoms with Crippen molar-refractivity contribution in [1.29, 1.82) is 0 Å². The summed E-state index contributed by atoms with van der Waals surface area (Å²) in [6.45, 7) is 4.39. The molecule has 0 radical (unpaired) electrons. The smallest absolute Gasteiger partial charge is 0.303 e. The molecule has 0 bridgehead atoms. The number of hydrogen-bond donors (Lipinski definition) is 0. The van der Waals surface area contributed by atoms with Gasteiger partial charge in [0.15, 0.2) is 11.6 Å². The Morgan fingerprint density at radius 3 is 2.40 bits per heavy atom. The number of hydrogen-bond acceptors (Lipinski definition) is 4. The third kappa shape index (κ3) is 2.62. The molecular weight excluding hydrogens is 196 g/mol. The van der Waals surface area contributed by atoms with E-state index in [9.17, 15) is 14.4 Å². The van der Waals surface area contributed by atoms with Gasteiger partial charge in [-0.05, 0) is 26.0 Å². The Bertz CT molecular complexity index is 387. The number of esters is 1. The van der Waals surface area contributed by atoms with Crippen LogP contribution in [0.5, 0.6) is 0 Å². The third-order valence-electron chi connectivity index (χ3n) is 2.09. The van der Waals surface area contributed by atoms with Crippen LogP contribution >= 0.6 is 0 Å². The molecule has 0 N–H and O–H groups in total. The number of rotatable bonds is 2. The van der Waals surface area contributed by atoms with Crippen molar-refractivity contribution in [3.05, 3.63) is 23.3 Å². The van der Waals surface area contributed by atoms with Crippen LogP contribution in [0.1, 0.15) is 20.8 Å². The van der Waals surface area contributed by atoms with Crippen molar-refractivity contribution in [1.82, 2.24) is 0 Å². The first-order chi connectivity index (χ1) is 6.91. The number of ketones is 2. The Hall–Kier alpha value is -1.71. The van der Waals surface area contributed by atoms with Crippen LogP contribution < -0.4 is 0 Å². The molecular formula is C11H12O4. The highest BCUT2D eigenvalue weighted by atomic mass is 16.5. The minimum atomic E-state index is -0.678. The molecule has 1 aliphatic rings. The Morgan fingerprint density at radius 2 is 1.87 bits per heavy atom. The van der Waals surface area contributed by atoms with E-state index in [1.807, 2.05) is 0 Å². The largest absolute Gasteiger partial charge is 0.458 e. The Kier molecular flexibility index (Phi) is 3.19. The second-order valence-electron chi connectivity index (χ2n) is 3.41. The van der Waals surface area contributed by atoms with Crippen molar-refractivity contribution in [3.63, 3.8) is 0 Å². The van der Waals surface area contributed by atoms with Gasteiger partial charge in [0.05, 0.1) is 0 Å². The standard InChI is InChI=1S/C11H12O4/c1-6-4-11(14)9(5-10(6)13)7(2)15-8(3)12/h4-5,7H,1-3H3. The molecule has 80 valence electrons. The van der Waals surface area contributed by atoms with Crippen LogP contribution in [-0.4, -0.2) is 23.6 Å². The molecule has 1 rings (SSSR count). The molecule has 0 aromatic rings. The van der Waals surface area contributed by atoms with Crippen molar-refractivity contribution in [2.24, 2.45) is 0 Å². The molecule has 0 spiro atoms. The molecule has 0 saturated carbocycles. The maximum atomic E-state index is 11.5. The van der Waals surface area contributed by atoms with Crippen molar-refractivity contribution >= 4 is 17.5 Å². The molecule has 15 heavy (non-hydrogen) atoms. The van der Waals surface area contributed by atoms with Gasteiger partial charge in [-0.1, -0.05) is 0 Å². The van der Waals surface area contributed by atoms with Gasteiger partial charge in [0.2, 0.25) is 0 Å². The van der Waals surface area contributed by atoms with Crippen LogP contribution in [0, 0.1) is 0 Å². The second-order valence-corrected chi connectivity index (χ2v) is 3.41. The molecule has 0 aromatic carbocycles. The zero-order valence-electron chi connectivity index (χ0n) is 8.87. The lowest BCUT2D eigenvalue weighted by molar-refractivity contribution is -0.144. The number of carbonyl (C=O) groups is 3. The molecule has 0 heterocycles. The minimum absolute atomic E-state index is 0.219. The normalized spacial score (nSPS) is 18.1. The first-order valence-corrected chi connectivity index (χ1v) is 4.57. The summed E-state index contributed by atoms with van der Waals surface area (Å²) in [5, 5.41) is 0. The summed E-state index contributed by atoms with van der Waals surface area (Å²) in [4.78, 5) is 33.5. The highest BCUT2D eigenvalue weighted by Crippen LogP contribution is 2.16. The third-order valence-corrected chi connectivity index (χ3v) is 2.09. The predicted molar refractivity (Wildman–Crippen MR) is 53.1 cm³/mol. The van der Waals surface area contributed by atoms with Gasteiger partial charge in [-0.25, -0.2) is 0 Å². The summed E-state index contributed by atoms with van der Waals surface area (Å²) >= 11 is 0. The van der Waals surface area contributed by atoms with Crippen LogP contribution in [0.25, 0.3) is 0 Å². The van der Waals surface area contributed by atoms with Crippen molar-refractivity contribution in [2.45, 2.75) is 26.9 Å². The summed E-state index contributed by atoms with van der Waals surface area (Å²) in [6.07, 6.45) is 1.81. The Morgan fingerprint density at radius 1 is 1.27 bits per heavy atom. The first kappa shape index (κ1) is 11.4. The van der Waals surface area contributed by atoms with Gasteiger partial charge in [0, 0.05) is 18.1 Å². The summed E-state index contributed by atoms with van der Waals surface area (Å²) in [7, 11) is 0. The van der Waals surface area contributed by atoms with Crippen molar-refractivity contribution in [2.75, 3.05) is 0 Å². The van der Waals surface area contributed by atoms with E-state index < -0.39 is 12.1 Å². The van der Waals surface area contributed by atoms with Gasteiger partial charge in [-0.3, -0.25) is 14.4 Å². The van der Waals surface area contributed by atoms with Crippen LogP contribution in [0.15, 0.2) is 23.3 Å². The van der Waals surface area contributed by atoms with Gasteiger partial charge in [0.25, 0.3) is 0 Å². The average Bonchev–Trinajstić information content (AvgIpc) is 2.09. The molecule has 0 amide bonds. The minimum Gasteiger partial charge on any atom is -0.458 e. The van der Waals surface area contributed by atoms with E-state index in [1.54, 1.807) is 13.8 Å². The lowest BCUT2D eigenvalue weighted by atomic mass is 9.95. The molecule has 4 nitrogen and oxygen atoms in total. The van der Waals surface area contributed by atoms with Gasteiger partial charge in [-0.15, -0.1) is 0 Å². The fourth-order valence-electron chi connectivity index (χ4n) is 1.31. The Labute approximate surface area is 87.6 Å². The van der Waals surface area contributed by atoms with E-state index in [-0.39, 0.29) is 17.1 Å².